The Morgan fingerprint density at radius 1 is 1.29 bits per heavy atom. The van der Waals surface area contributed by atoms with Crippen LogP contribution >= 0.6 is 12.4 Å². The van der Waals surface area contributed by atoms with Gasteiger partial charge in [-0.25, -0.2) is 0 Å². The second-order valence-electron chi connectivity index (χ2n) is 3.21. The zero-order valence-electron chi connectivity index (χ0n) is 9.12. The van der Waals surface area contributed by atoms with E-state index in [0.717, 1.165) is 19.3 Å². The summed E-state index contributed by atoms with van der Waals surface area (Å²) in [5, 5.41) is 0. The number of rotatable bonds is 7. The summed E-state index contributed by atoms with van der Waals surface area (Å²) in [4.78, 5) is 11.1. The Kier molecular flexibility index (Phi) is 12.5. The van der Waals surface area contributed by atoms with Crippen LogP contribution in [0.5, 0.6) is 0 Å². The largest absolute Gasteiger partial charge is 0.465 e. The first-order valence-corrected chi connectivity index (χ1v) is 5.14. The van der Waals surface area contributed by atoms with E-state index in [1.54, 1.807) is 6.92 Å². The number of carbonyl (C=O) groups is 1. The quantitative estimate of drug-likeness (QED) is 0.532. The first-order valence-electron chi connectivity index (χ1n) is 5.14. The Morgan fingerprint density at radius 2 is 1.93 bits per heavy atom. The third-order valence-corrected chi connectivity index (χ3v) is 1.96. The first kappa shape index (κ1) is 16.2. The molecule has 0 radical (unpaired) electrons. The molecule has 3 nitrogen and oxygen atoms in total. The Bertz CT molecular complexity index is 142. The summed E-state index contributed by atoms with van der Waals surface area (Å²) in [5.41, 5.74) is 5.61. The van der Waals surface area contributed by atoms with Gasteiger partial charge in [0.2, 0.25) is 0 Å². The minimum atomic E-state index is -0.420. The van der Waals surface area contributed by atoms with Crippen molar-refractivity contribution in [2.24, 2.45) is 5.73 Å². The molecule has 0 spiro atoms. The molecule has 0 aromatic heterocycles. The van der Waals surface area contributed by atoms with Gasteiger partial charge in [-0.05, 0) is 13.3 Å². The molecule has 2 N–H and O–H groups in total. The molecule has 14 heavy (non-hydrogen) atoms. The van der Waals surface area contributed by atoms with Crippen LogP contribution < -0.4 is 5.73 Å². The zero-order chi connectivity index (χ0) is 10.1. The van der Waals surface area contributed by atoms with Crippen molar-refractivity contribution in [3.05, 3.63) is 0 Å². The van der Waals surface area contributed by atoms with Crippen LogP contribution in [0.1, 0.15) is 46.0 Å². The summed E-state index contributed by atoms with van der Waals surface area (Å²) in [5.74, 6) is -0.265. The lowest BCUT2D eigenvalue weighted by Gasteiger charge is -2.09. The molecule has 86 valence electrons. The van der Waals surface area contributed by atoms with Gasteiger partial charge in [0.1, 0.15) is 6.04 Å². The monoisotopic (exact) mass is 223 g/mol. The van der Waals surface area contributed by atoms with E-state index in [1.165, 1.54) is 12.8 Å². The van der Waals surface area contributed by atoms with E-state index in [1.807, 2.05) is 0 Å². The van der Waals surface area contributed by atoms with Crippen molar-refractivity contribution in [2.45, 2.75) is 52.0 Å². The van der Waals surface area contributed by atoms with Gasteiger partial charge in [-0.1, -0.05) is 32.6 Å². The molecule has 0 aliphatic carbocycles. The lowest BCUT2D eigenvalue weighted by Crippen LogP contribution is -2.32. The van der Waals surface area contributed by atoms with Crippen LogP contribution in [0.4, 0.5) is 0 Å². The molecule has 0 amide bonds. The van der Waals surface area contributed by atoms with Gasteiger partial charge in [0.15, 0.2) is 0 Å². The molecule has 4 heteroatoms. The smallest absolute Gasteiger partial charge is 0.322 e. The fraction of sp³-hybridized carbons (Fsp3) is 0.900. The minimum absolute atomic E-state index is 0. The molecule has 0 rings (SSSR count). The van der Waals surface area contributed by atoms with Crippen molar-refractivity contribution in [3.63, 3.8) is 0 Å². The molecule has 0 saturated carbocycles. The Balaban J connectivity index is 0. The lowest BCUT2D eigenvalue weighted by atomic mass is 10.1. The van der Waals surface area contributed by atoms with Crippen LogP contribution in [-0.2, 0) is 9.53 Å². The zero-order valence-corrected chi connectivity index (χ0v) is 9.94. The predicted octanol–water partition coefficient (Wildman–Crippen LogP) is 2.27. The third kappa shape index (κ3) is 8.32. The number of halogens is 1. The number of carbonyl (C=O) groups excluding carboxylic acids is 1. The summed E-state index contributed by atoms with van der Waals surface area (Å²) in [6.45, 7) is 4.37. The Morgan fingerprint density at radius 3 is 2.43 bits per heavy atom. The van der Waals surface area contributed by atoms with Gasteiger partial charge in [-0.15, -0.1) is 12.4 Å². The van der Waals surface area contributed by atoms with E-state index in [0.29, 0.717) is 6.61 Å². The molecule has 0 aliphatic rings. The van der Waals surface area contributed by atoms with Crippen LogP contribution in [0.15, 0.2) is 0 Å². The van der Waals surface area contributed by atoms with Gasteiger partial charge < -0.3 is 10.5 Å². The predicted molar refractivity (Wildman–Crippen MR) is 60.6 cm³/mol. The number of unbranched alkanes of at least 4 members (excludes halogenated alkanes) is 3. The average molecular weight is 224 g/mol. The van der Waals surface area contributed by atoms with E-state index in [9.17, 15) is 4.79 Å². The van der Waals surface area contributed by atoms with Crippen molar-refractivity contribution in [1.82, 2.24) is 0 Å². The van der Waals surface area contributed by atoms with Crippen LogP contribution in [-0.4, -0.2) is 18.6 Å². The molecular formula is C10H22ClNO2. The van der Waals surface area contributed by atoms with Crippen molar-refractivity contribution < 1.29 is 9.53 Å². The molecule has 0 aliphatic heterocycles. The van der Waals surface area contributed by atoms with E-state index < -0.39 is 6.04 Å². The Labute approximate surface area is 92.8 Å². The van der Waals surface area contributed by atoms with Gasteiger partial charge in [0.05, 0.1) is 6.61 Å². The van der Waals surface area contributed by atoms with Crippen LogP contribution in [0, 0.1) is 0 Å². The lowest BCUT2D eigenvalue weighted by molar-refractivity contribution is -0.144. The van der Waals surface area contributed by atoms with Crippen molar-refractivity contribution in [1.29, 1.82) is 0 Å². The Hall–Kier alpha value is -0.280. The van der Waals surface area contributed by atoms with Crippen LogP contribution in [0.2, 0.25) is 0 Å². The number of nitrogens with two attached hydrogens (primary N) is 1. The van der Waals surface area contributed by atoms with Gasteiger partial charge >= 0.3 is 5.97 Å². The van der Waals surface area contributed by atoms with Crippen molar-refractivity contribution in [3.8, 4) is 0 Å². The molecule has 0 aromatic carbocycles. The highest BCUT2D eigenvalue weighted by atomic mass is 35.5. The molecular weight excluding hydrogens is 202 g/mol. The maximum atomic E-state index is 11.1. The number of ether oxygens (including phenoxy) is 1. The van der Waals surface area contributed by atoms with E-state index >= 15 is 0 Å². The van der Waals surface area contributed by atoms with Gasteiger partial charge in [0.25, 0.3) is 0 Å². The summed E-state index contributed by atoms with van der Waals surface area (Å²) >= 11 is 0. The molecule has 0 fully saturated rings. The molecule has 1 atom stereocenters. The summed E-state index contributed by atoms with van der Waals surface area (Å²) in [6.07, 6.45) is 5.35. The number of hydrogen-bond acceptors (Lipinski definition) is 3. The molecule has 0 bridgehead atoms. The molecule has 1 unspecified atom stereocenters. The molecule has 0 heterocycles. The van der Waals surface area contributed by atoms with Gasteiger partial charge in [-0.2, -0.15) is 0 Å². The highest BCUT2D eigenvalue weighted by molar-refractivity contribution is 5.85. The SMILES string of the molecule is CCCCCCC(N)C(=O)OCC.Cl. The normalized spacial score (nSPS) is 11.6. The summed E-state index contributed by atoms with van der Waals surface area (Å²) in [6, 6.07) is -0.420. The summed E-state index contributed by atoms with van der Waals surface area (Å²) in [7, 11) is 0. The third-order valence-electron chi connectivity index (χ3n) is 1.96. The fourth-order valence-corrected chi connectivity index (χ4v) is 1.16. The summed E-state index contributed by atoms with van der Waals surface area (Å²) < 4.78 is 4.80. The standard InChI is InChI=1S/C10H21NO2.ClH/c1-3-5-6-7-8-9(11)10(12)13-4-2;/h9H,3-8,11H2,1-2H3;1H. The van der Waals surface area contributed by atoms with Crippen molar-refractivity contribution >= 4 is 18.4 Å². The number of hydrogen-bond donors (Lipinski definition) is 1. The molecule has 0 aromatic rings. The highest BCUT2D eigenvalue weighted by Gasteiger charge is 2.12. The fourth-order valence-electron chi connectivity index (χ4n) is 1.16. The maximum Gasteiger partial charge on any atom is 0.322 e. The minimum Gasteiger partial charge on any atom is -0.465 e. The van der Waals surface area contributed by atoms with Gasteiger partial charge in [0, 0.05) is 0 Å². The second kappa shape index (κ2) is 10.8. The van der Waals surface area contributed by atoms with Crippen LogP contribution in [0.25, 0.3) is 0 Å². The molecule has 0 saturated heterocycles. The average Bonchev–Trinajstić information content (AvgIpc) is 2.12. The van der Waals surface area contributed by atoms with Crippen LogP contribution in [0.3, 0.4) is 0 Å². The topological polar surface area (TPSA) is 52.3 Å². The highest BCUT2D eigenvalue weighted by Crippen LogP contribution is 2.05. The number of esters is 1. The van der Waals surface area contributed by atoms with Gasteiger partial charge in [-0.3, -0.25) is 4.79 Å². The first-order chi connectivity index (χ1) is 6.22. The van der Waals surface area contributed by atoms with E-state index in [-0.39, 0.29) is 18.4 Å². The second-order valence-corrected chi connectivity index (χ2v) is 3.21. The van der Waals surface area contributed by atoms with Crippen molar-refractivity contribution in [2.75, 3.05) is 6.61 Å². The maximum absolute atomic E-state index is 11.1. The van der Waals surface area contributed by atoms with E-state index in [2.05, 4.69) is 6.92 Å². The van der Waals surface area contributed by atoms with E-state index in [4.69, 9.17) is 10.5 Å².